The van der Waals surface area contributed by atoms with Crippen molar-refractivity contribution in [3.63, 3.8) is 0 Å². The van der Waals surface area contributed by atoms with Gasteiger partial charge in [-0.2, -0.15) is 0 Å². The fourth-order valence-electron chi connectivity index (χ4n) is 1.49. The minimum absolute atomic E-state index is 0.0994. The molecule has 4 heteroatoms. The second kappa shape index (κ2) is 5.84. The maximum atomic E-state index is 12.1. The molecule has 2 rings (SSSR count). The Morgan fingerprint density at radius 3 is 2.50 bits per heavy atom. The van der Waals surface area contributed by atoms with Crippen molar-refractivity contribution in [3.8, 4) is 0 Å². The van der Waals surface area contributed by atoms with E-state index in [1.165, 1.54) is 0 Å². The predicted octanol–water partition coefficient (Wildman–Crippen LogP) is 4.61. The van der Waals surface area contributed by atoms with E-state index in [0.717, 1.165) is 19.3 Å². The van der Waals surface area contributed by atoms with Crippen LogP contribution in [0.4, 0.5) is 5.69 Å². The number of hydrogen-bond donors (Lipinski definition) is 1. The highest BCUT2D eigenvalue weighted by atomic mass is 127. The Morgan fingerprint density at radius 1 is 1.17 bits per heavy atom. The molecule has 92 valence electrons. The zero-order valence-electron chi connectivity index (χ0n) is 9.71. The summed E-state index contributed by atoms with van der Waals surface area (Å²) in [6.07, 6.45) is 0. The highest BCUT2D eigenvalue weighted by Gasteiger charge is 2.08. The van der Waals surface area contributed by atoms with Gasteiger partial charge in [0.1, 0.15) is 0 Å². The molecule has 0 unspecified atom stereocenters. The van der Waals surface area contributed by atoms with E-state index in [9.17, 15) is 4.79 Å². The number of amides is 1. The molecule has 0 saturated heterocycles. The molecule has 18 heavy (non-hydrogen) atoms. The van der Waals surface area contributed by atoms with E-state index in [0.29, 0.717) is 5.56 Å². The molecule has 0 aliphatic heterocycles. The lowest BCUT2D eigenvalue weighted by molar-refractivity contribution is 0.102. The van der Waals surface area contributed by atoms with E-state index in [1.54, 1.807) is 0 Å². The van der Waals surface area contributed by atoms with Crippen LogP contribution in [0, 0.1) is 10.5 Å². The van der Waals surface area contributed by atoms with E-state index in [1.807, 2.05) is 49.4 Å². The van der Waals surface area contributed by atoms with Crippen LogP contribution in [-0.4, -0.2) is 5.91 Å². The highest BCUT2D eigenvalue weighted by Crippen LogP contribution is 2.24. The number of carbonyl (C=O) groups is 1. The third kappa shape index (κ3) is 3.32. The normalized spacial score (nSPS) is 10.2. The second-order valence-electron chi connectivity index (χ2n) is 3.94. The summed E-state index contributed by atoms with van der Waals surface area (Å²) >= 11 is 5.64. The standard InChI is InChI=1S/C14H11BrINO/c1-9-2-4-10(5-3-9)14(18)17-13-8-11(16)6-7-12(13)15/h2-8H,1H3,(H,17,18). The van der Waals surface area contributed by atoms with E-state index >= 15 is 0 Å². The third-order valence-corrected chi connectivity index (χ3v) is 3.85. The van der Waals surface area contributed by atoms with Gasteiger partial charge in [-0.25, -0.2) is 0 Å². The van der Waals surface area contributed by atoms with Crippen LogP contribution in [0.5, 0.6) is 0 Å². The lowest BCUT2D eigenvalue weighted by atomic mass is 10.1. The lowest BCUT2D eigenvalue weighted by Crippen LogP contribution is -2.12. The van der Waals surface area contributed by atoms with Crippen molar-refractivity contribution in [2.24, 2.45) is 0 Å². The fraction of sp³-hybridized carbons (Fsp3) is 0.0714. The second-order valence-corrected chi connectivity index (χ2v) is 6.04. The topological polar surface area (TPSA) is 29.1 Å². The first-order chi connectivity index (χ1) is 8.56. The summed E-state index contributed by atoms with van der Waals surface area (Å²) in [5.74, 6) is -0.0994. The Labute approximate surface area is 128 Å². The van der Waals surface area contributed by atoms with E-state index in [-0.39, 0.29) is 5.91 Å². The minimum Gasteiger partial charge on any atom is -0.321 e. The Hall–Kier alpha value is -0.880. The van der Waals surface area contributed by atoms with Crippen LogP contribution in [0.1, 0.15) is 15.9 Å². The Balaban J connectivity index is 2.21. The fourth-order valence-corrected chi connectivity index (χ4v) is 2.33. The molecule has 0 saturated carbocycles. The summed E-state index contributed by atoms with van der Waals surface area (Å²) in [6, 6.07) is 13.3. The van der Waals surface area contributed by atoms with Gasteiger partial charge in [0.15, 0.2) is 0 Å². The molecule has 2 aromatic rings. The first kappa shape index (κ1) is 13.5. The molecule has 0 aliphatic rings. The summed E-state index contributed by atoms with van der Waals surface area (Å²) < 4.78 is 1.96. The summed E-state index contributed by atoms with van der Waals surface area (Å²) in [5, 5.41) is 2.90. The van der Waals surface area contributed by atoms with Crippen LogP contribution >= 0.6 is 38.5 Å². The van der Waals surface area contributed by atoms with Gasteiger partial charge < -0.3 is 5.32 Å². The number of halogens is 2. The molecule has 0 radical (unpaired) electrons. The van der Waals surface area contributed by atoms with Crippen molar-refractivity contribution < 1.29 is 4.79 Å². The molecule has 0 bridgehead atoms. The molecule has 0 aromatic heterocycles. The molecule has 1 N–H and O–H groups in total. The number of hydrogen-bond acceptors (Lipinski definition) is 1. The van der Waals surface area contributed by atoms with Crippen molar-refractivity contribution in [3.05, 3.63) is 61.6 Å². The number of carbonyl (C=O) groups excluding carboxylic acids is 1. The lowest BCUT2D eigenvalue weighted by Gasteiger charge is -2.08. The Morgan fingerprint density at radius 2 is 1.83 bits per heavy atom. The number of nitrogens with one attached hydrogen (secondary N) is 1. The molecule has 1 amide bonds. The van der Waals surface area contributed by atoms with Crippen LogP contribution in [0.15, 0.2) is 46.9 Å². The van der Waals surface area contributed by atoms with Gasteiger partial charge in [-0.1, -0.05) is 17.7 Å². The van der Waals surface area contributed by atoms with Gasteiger partial charge in [-0.05, 0) is 75.8 Å². The summed E-state index contributed by atoms with van der Waals surface area (Å²) in [4.78, 5) is 12.1. The van der Waals surface area contributed by atoms with E-state index in [2.05, 4.69) is 43.8 Å². The molecule has 0 aliphatic carbocycles. The number of anilines is 1. The number of rotatable bonds is 2. The molecule has 0 atom stereocenters. The van der Waals surface area contributed by atoms with Crippen LogP contribution < -0.4 is 5.32 Å². The van der Waals surface area contributed by atoms with Crippen LogP contribution in [0.2, 0.25) is 0 Å². The molecule has 2 aromatic carbocycles. The smallest absolute Gasteiger partial charge is 0.255 e. The molecule has 2 nitrogen and oxygen atoms in total. The summed E-state index contributed by atoms with van der Waals surface area (Å²) in [6.45, 7) is 2.00. The van der Waals surface area contributed by atoms with Gasteiger partial charge in [0.25, 0.3) is 5.91 Å². The van der Waals surface area contributed by atoms with Gasteiger partial charge in [0.05, 0.1) is 5.69 Å². The maximum absolute atomic E-state index is 12.1. The van der Waals surface area contributed by atoms with Crippen LogP contribution in [0.3, 0.4) is 0 Å². The predicted molar refractivity (Wildman–Crippen MR) is 86.0 cm³/mol. The van der Waals surface area contributed by atoms with Crippen LogP contribution in [-0.2, 0) is 0 Å². The van der Waals surface area contributed by atoms with Gasteiger partial charge in [-0.3, -0.25) is 4.79 Å². The minimum atomic E-state index is -0.0994. The third-order valence-electron chi connectivity index (χ3n) is 2.49. The van der Waals surface area contributed by atoms with E-state index < -0.39 is 0 Å². The first-order valence-corrected chi connectivity index (χ1v) is 7.26. The molecule has 0 heterocycles. The largest absolute Gasteiger partial charge is 0.321 e. The van der Waals surface area contributed by atoms with E-state index in [4.69, 9.17) is 0 Å². The van der Waals surface area contributed by atoms with Crippen LogP contribution in [0.25, 0.3) is 0 Å². The Bertz CT molecular complexity index is 581. The van der Waals surface area contributed by atoms with Crippen molar-refractivity contribution in [2.75, 3.05) is 5.32 Å². The average Bonchev–Trinajstić information content (AvgIpc) is 2.34. The monoisotopic (exact) mass is 415 g/mol. The van der Waals surface area contributed by atoms with Gasteiger partial charge in [0, 0.05) is 13.6 Å². The van der Waals surface area contributed by atoms with Gasteiger partial charge in [0.2, 0.25) is 0 Å². The summed E-state index contributed by atoms with van der Waals surface area (Å²) in [5.41, 5.74) is 2.58. The molecular formula is C14H11BrINO. The molecule has 0 fully saturated rings. The number of aryl methyl sites for hydroxylation is 1. The van der Waals surface area contributed by atoms with Gasteiger partial charge in [-0.15, -0.1) is 0 Å². The van der Waals surface area contributed by atoms with Gasteiger partial charge >= 0.3 is 0 Å². The maximum Gasteiger partial charge on any atom is 0.255 e. The zero-order valence-corrected chi connectivity index (χ0v) is 13.4. The SMILES string of the molecule is Cc1ccc(C(=O)Nc2cc(I)ccc2Br)cc1. The molecule has 0 spiro atoms. The first-order valence-electron chi connectivity index (χ1n) is 5.39. The van der Waals surface area contributed by atoms with Crippen molar-refractivity contribution in [1.29, 1.82) is 0 Å². The van der Waals surface area contributed by atoms with Crippen molar-refractivity contribution >= 4 is 50.1 Å². The van der Waals surface area contributed by atoms with Crippen molar-refractivity contribution in [1.82, 2.24) is 0 Å². The molecular weight excluding hydrogens is 405 g/mol. The number of benzene rings is 2. The quantitative estimate of drug-likeness (QED) is 0.712. The summed E-state index contributed by atoms with van der Waals surface area (Å²) in [7, 11) is 0. The highest BCUT2D eigenvalue weighted by molar-refractivity contribution is 14.1. The zero-order chi connectivity index (χ0) is 13.1. The Kier molecular flexibility index (Phi) is 4.40. The van der Waals surface area contributed by atoms with Crippen molar-refractivity contribution in [2.45, 2.75) is 6.92 Å². The average molecular weight is 416 g/mol.